The quantitative estimate of drug-likeness (QED) is 0.383. The lowest BCUT2D eigenvalue weighted by molar-refractivity contribution is 0.0665. The molecule has 0 radical (unpaired) electrons. The molecule has 1 unspecified atom stereocenters. The van der Waals surface area contributed by atoms with Crippen molar-refractivity contribution in [3.63, 3.8) is 0 Å². The Hall–Kier alpha value is -3.84. The summed E-state index contributed by atoms with van der Waals surface area (Å²) in [5, 5.41) is 0.524. The van der Waals surface area contributed by atoms with Gasteiger partial charge in [-0.2, -0.15) is 0 Å². The molecule has 0 aliphatic heterocycles. The van der Waals surface area contributed by atoms with Crippen molar-refractivity contribution in [1.82, 2.24) is 19.4 Å². The second-order valence-electron chi connectivity index (χ2n) is 8.85. The number of carbonyl (C=O) groups is 1. The first-order valence-electron chi connectivity index (χ1n) is 11.6. The molecule has 4 rings (SSSR count). The number of fused-ring (bicyclic) bond motifs is 1. The SMILES string of the molecule is CC(c1nc2ccccc2c(=O)n1Cc1ccccc1)N(CCN(C)C)C(=O)c1cccc(F)c1. The third-order valence-electron chi connectivity index (χ3n) is 6.04. The molecule has 0 bridgehead atoms. The van der Waals surface area contributed by atoms with Crippen molar-refractivity contribution >= 4 is 16.8 Å². The topological polar surface area (TPSA) is 58.4 Å². The number of hydrogen-bond donors (Lipinski definition) is 0. The van der Waals surface area contributed by atoms with Gasteiger partial charge in [0.2, 0.25) is 0 Å². The Bertz CT molecular complexity index is 1380. The molecule has 180 valence electrons. The molecule has 1 amide bonds. The molecule has 35 heavy (non-hydrogen) atoms. The van der Waals surface area contributed by atoms with E-state index in [0.717, 1.165) is 5.56 Å². The number of carbonyl (C=O) groups excluding carboxylic acids is 1. The van der Waals surface area contributed by atoms with E-state index in [1.54, 1.807) is 27.7 Å². The van der Waals surface area contributed by atoms with Gasteiger partial charge in [-0.1, -0.05) is 48.5 Å². The van der Waals surface area contributed by atoms with Crippen molar-refractivity contribution in [3.8, 4) is 0 Å². The van der Waals surface area contributed by atoms with Gasteiger partial charge in [-0.05, 0) is 56.9 Å². The minimum atomic E-state index is -0.535. The highest BCUT2D eigenvalue weighted by Gasteiger charge is 2.27. The monoisotopic (exact) mass is 472 g/mol. The number of nitrogens with zero attached hydrogens (tertiary/aromatic N) is 4. The molecule has 0 aliphatic rings. The van der Waals surface area contributed by atoms with Crippen LogP contribution in [-0.4, -0.2) is 52.4 Å². The Morgan fingerprint density at radius 3 is 2.40 bits per heavy atom. The lowest BCUT2D eigenvalue weighted by Gasteiger charge is -2.31. The van der Waals surface area contributed by atoms with E-state index in [1.807, 2.05) is 68.4 Å². The maximum Gasteiger partial charge on any atom is 0.261 e. The van der Waals surface area contributed by atoms with Crippen LogP contribution in [0.1, 0.15) is 34.7 Å². The first-order valence-corrected chi connectivity index (χ1v) is 11.6. The van der Waals surface area contributed by atoms with E-state index in [4.69, 9.17) is 4.98 Å². The molecule has 0 fully saturated rings. The van der Waals surface area contributed by atoms with Gasteiger partial charge in [0.25, 0.3) is 11.5 Å². The summed E-state index contributed by atoms with van der Waals surface area (Å²) in [7, 11) is 3.85. The average molecular weight is 473 g/mol. The first-order chi connectivity index (χ1) is 16.8. The molecule has 1 aromatic heterocycles. The zero-order valence-electron chi connectivity index (χ0n) is 20.2. The molecule has 0 aliphatic carbocycles. The zero-order chi connectivity index (χ0) is 24.9. The third-order valence-corrected chi connectivity index (χ3v) is 6.04. The Morgan fingerprint density at radius 2 is 1.69 bits per heavy atom. The Morgan fingerprint density at radius 1 is 0.971 bits per heavy atom. The standard InChI is InChI=1S/C28H29FN4O2/c1-20(32(17-16-31(2)3)27(34)22-12-9-13-23(29)18-22)26-30-25-15-8-7-14-24(25)28(35)33(26)19-21-10-5-4-6-11-21/h4-15,18,20H,16-17,19H2,1-3H3. The summed E-state index contributed by atoms with van der Waals surface area (Å²) in [5.74, 6) is -0.297. The van der Waals surface area contributed by atoms with Crippen LogP contribution in [0.3, 0.4) is 0 Å². The minimum absolute atomic E-state index is 0.160. The lowest BCUT2D eigenvalue weighted by Crippen LogP contribution is -2.41. The predicted octanol–water partition coefficient (Wildman–Crippen LogP) is 4.35. The number of likely N-dealkylation sites (N-methyl/N-ethyl adjacent to an activating group) is 1. The summed E-state index contributed by atoms with van der Waals surface area (Å²) in [6.07, 6.45) is 0. The van der Waals surface area contributed by atoms with Crippen LogP contribution in [0.2, 0.25) is 0 Å². The van der Waals surface area contributed by atoms with Crippen LogP contribution in [0, 0.1) is 5.82 Å². The molecule has 4 aromatic rings. The highest BCUT2D eigenvalue weighted by Crippen LogP contribution is 2.23. The van der Waals surface area contributed by atoms with E-state index in [0.29, 0.717) is 36.4 Å². The van der Waals surface area contributed by atoms with Crippen LogP contribution >= 0.6 is 0 Å². The van der Waals surface area contributed by atoms with E-state index in [-0.39, 0.29) is 17.0 Å². The molecule has 0 saturated heterocycles. The van der Waals surface area contributed by atoms with Gasteiger partial charge in [0, 0.05) is 18.7 Å². The lowest BCUT2D eigenvalue weighted by atomic mass is 10.1. The summed E-state index contributed by atoms with van der Waals surface area (Å²) in [6.45, 7) is 3.18. The van der Waals surface area contributed by atoms with Crippen molar-refractivity contribution in [2.75, 3.05) is 27.2 Å². The highest BCUT2D eigenvalue weighted by molar-refractivity contribution is 5.94. The Labute approximate surface area is 204 Å². The highest BCUT2D eigenvalue weighted by atomic mass is 19.1. The molecule has 1 atom stereocenters. The summed E-state index contributed by atoms with van der Waals surface area (Å²) >= 11 is 0. The van der Waals surface area contributed by atoms with Crippen LogP contribution in [0.15, 0.2) is 83.7 Å². The largest absolute Gasteiger partial charge is 0.327 e. The average Bonchev–Trinajstić information content (AvgIpc) is 2.86. The predicted molar refractivity (Wildman–Crippen MR) is 136 cm³/mol. The van der Waals surface area contributed by atoms with Crippen LogP contribution in [0.4, 0.5) is 4.39 Å². The van der Waals surface area contributed by atoms with Gasteiger partial charge in [-0.25, -0.2) is 9.37 Å². The van der Waals surface area contributed by atoms with Crippen molar-refractivity contribution in [2.45, 2.75) is 19.5 Å². The zero-order valence-corrected chi connectivity index (χ0v) is 20.2. The molecule has 3 aromatic carbocycles. The number of hydrogen-bond acceptors (Lipinski definition) is 4. The van der Waals surface area contributed by atoms with Gasteiger partial charge in [0.15, 0.2) is 0 Å². The van der Waals surface area contributed by atoms with Crippen LogP contribution < -0.4 is 5.56 Å². The van der Waals surface area contributed by atoms with Gasteiger partial charge in [0.05, 0.1) is 23.5 Å². The number of benzene rings is 3. The molecule has 0 saturated carbocycles. The van der Waals surface area contributed by atoms with E-state index < -0.39 is 11.9 Å². The van der Waals surface area contributed by atoms with Crippen molar-refractivity contribution < 1.29 is 9.18 Å². The Kier molecular flexibility index (Phi) is 7.36. The van der Waals surface area contributed by atoms with E-state index in [2.05, 4.69) is 0 Å². The van der Waals surface area contributed by atoms with Crippen LogP contribution in [0.25, 0.3) is 10.9 Å². The molecule has 0 N–H and O–H groups in total. The third kappa shape index (κ3) is 5.46. The maximum absolute atomic E-state index is 13.9. The van der Waals surface area contributed by atoms with Gasteiger partial charge in [-0.3, -0.25) is 14.2 Å². The van der Waals surface area contributed by atoms with Gasteiger partial charge in [-0.15, -0.1) is 0 Å². The smallest absolute Gasteiger partial charge is 0.261 e. The molecule has 7 heteroatoms. The summed E-state index contributed by atoms with van der Waals surface area (Å²) in [6, 6.07) is 22.1. The number of amides is 1. The summed E-state index contributed by atoms with van der Waals surface area (Å²) in [5.41, 5.74) is 1.63. The normalized spacial score (nSPS) is 12.1. The van der Waals surface area contributed by atoms with E-state index in [1.165, 1.54) is 18.2 Å². The van der Waals surface area contributed by atoms with Gasteiger partial charge in [0.1, 0.15) is 11.6 Å². The molecule has 0 spiro atoms. The second-order valence-corrected chi connectivity index (χ2v) is 8.85. The fourth-order valence-electron chi connectivity index (χ4n) is 4.13. The first kappa shape index (κ1) is 24.3. The minimum Gasteiger partial charge on any atom is -0.327 e. The Balaban J connectivity index is 1.84. The van der Waals surface area contributed by atoms with Crippen LogP contribution in [-0.2, 0) is 6.54 Å². The van der Waals surface area contributed by atoms with Crippen molar-refractivity contribution in [1.29, 1.82) is 0 Å². The van der Waals surface area contributed by atoms with Crippen LogP contribution in [0.5, 0.6) is 0 Å². The van der Waals surface area contributed by atoms with Crippen molar-refractivity contribution in [2.24, 2.45) is 0 Å². The van der Waals surface area contributed by atoms with E-state index in [9.17, 15) is 14.0 Å². The van der Waals surface area contributed by atoms with Crippen molar-refractivity contribution in [3.05, 3.63) is 112 Å². The summed E-state index contributed by atoms with van der Waals surface area (Å²) in [4.78, 5) is 35.7. The molecular weight excluding hydrogens is 443 g/mol. The number of para-hydroxylation sites is 1. The maximum atomic E-state index is 13.9. The number of aromatic nitrogens is 2. The second kappa shape index (κ2) is 10.6. The molecular formula is C28H29FN4O2. The fourth-order valence-corrected chi connectivity index (χ4v) is 4.13. The van der Waals surface area contributed by atoms with E-state index >= 15 is 0 Å². The van der Waals surface area contributed by atoms with Gasteiger partial charge >= 0.3 is 0 Å². The molecule has 6 nitrogen and oxygen atoms in total. The molecule has 1 heterocycles. The fraction of sp³-hybridized carbons (Fsp3) is 0.250. The number of halogens is 1. The number of rotatable bonds is 8. The van der Waals surface area contributed by atoms with Gasteiger partial charge < -0.3 is 9.80 Å². The summed E-state index contributed by atoms with van der Waals surface area (Å²) < 4.78 is 15.6.